The molecular formula is C12H17N. The van der Waals surface area contributed by atoms with Gasteiger partial charge in [0.2, 0.25) is 0 Å². The Morgan fingerprint density at radius 3 is 2.77 bits per heavy atom. The van der Waals surface area contributed by atoms with Gasteiger partial charge >= 0.3 is 0 Å². The van der Waals surface area contributed by atoms with Gasteiger partial charge < -0.3 is 5.73 Å². The Bertz CT molecular complexity index is 302. The summed E-state index contributed by atoms with van der Waals surface area (Å²) in [6.07, 6.45) is 2.81. The van der Waals surface area contributed by atoms with Crippen LogP contribution >= 0.6 is 0 Å². The molecule has 0 heterocycles. The van der Waals surface area contributed by atoms with E-state index in [2.05, 4.69) is 38.6 Å². The summed E-state index contributed by atoms with van der Waals surface area (Å²) >= 11 is 0. The maximum Gasteiger partial charge on any atom is 0.0481 e. The van der Waals surface area contributed by atoms with Crippen molar-refractivity contribution in [2.75, 3.05) is 0 Å². The van der Waals surface area contributed by atoms with Crippen LogP contribution in [0.1, 0.15) is 29.7 Å². The Balaban J connectivity index is 3.14. The number of hydrogen-bond acceptors (Lipinski definition) is 1. The van der Waals surface area contributed by atoms with E-state index in [1.54, 1.807) is 6.08 Å². The molecular weight excluding hydrogens is 158 g/mol. The molecule has 0 fully saturated rings. The van der Waals surface area contributed by atoms with Crippen molar-refractivity contribution in [2.45, 2.75) is 26.3 Å². The summed E-state index contributed by atoms with van der Waals surface area (Å²) in [5.41, 5.74) is 9.70. The smallest absolute Gasteiger partial charge is 0.0481 e. The topological polar surface area (TPSA) is 26.0 Å². The van der Waals surface area contributed by atoms with Gasteiger partial charge in [0.05, 0.1) is 0 Å². The number of hydrogen-bond donors (Lipinski definition) is 1. The summed E-state index contributed by atoms with van der Waals surface area (Å²) in [6, 6.07) is 6.38. The standard InChI is InChI=1S/C12H17N/c1-4-10-7-6-9(3)8-11(10)12(13)5-2/h5-8,12H,2,4,13H2,1,3H3/t12-/m1/s1. The van der Waals surface area contributed by atoms with Gasteiger partial charge in [0.1, 0.15) is 0 Å². The summed E-state index contributed by atoms with van der Waals surface area (Å²) in [5.74, 6) is 0. The zero-order valence-corrected chi connectivity index (χ0v) is 8.38. The van der Waals surface area contributed by atoms with Gasteiger partial charge in [-0.3, -0.25) is 0 Å². The Hall–Kier alpha value is -1.08. The van der Waals surface area contributed by atoms with E-state index < -0.39 is 0 Å². The fourth-order valence-electron chi connectivity index (χ4n) is 1.47. The first-order valence-corrected chi connectivity index (χ1v) is 4.66. The second kappa shape index (κ2) is 4.24. The zero-order chi connectivity index (χ0) is 9.84. The largest absolute Gasteiger partial charge is 0.321 e. The molecule has 0 saturated heterocycles. The van der Waals surface area contributed by atoms with Crippen molar-refractivity contribution in [3.8, 4) is 0 Å². The van der Waals surface area contributed by atoms with Crippen LogP contribution in [0.15, 0.2) is 30.9 Å². The van der Waals surface area contributed by atoms with Crippen molar-refractivity contribution >= 4 is 0 Å². The minimum Gasteiger partial charge on any atom is -0.321 e. The van der Waals surface area contributed by atoms with Crippen LogP contribution in [0.2, 0.25) is 0 Å². The highest BCUT2D eigenvalue weighted by molar-refractivity contribution is 5.35. The third kappa shape index (κ3) is 2.19. The fourth-order valence-corrected chi connectivity index (χ4v) is 1.47. The molecule has 0 spiro atoms. The number of aryl methyl sites for hydroxylation is 2. The molecule has 0 aromatic heterocycles. The average molecular weight is 175 g/mol. The molecule has 1 nitrogen and oxygen atoms in total. The summed E-state index contributed by atoms with van der Waals surface area (Å²) < 4.78 is 0. The van der Waals surface area contributed by atoms with Crippen LogP contribution in [0.4, 0.5) is 0 Å². The van der Waals surface area contributed by atoms with Gasteiger partial charge in [-0.25, -0.2) is 0 Å². The van der Waals surface area contributed by atoms with Crippen LogP contribution in [-0.4, -0.2) is 0 Å². The van der Waals surface area contributed by atoms with Gasteiger partial charge in [0, 0.05) is 6.04 Å². The van der Waals surface area contributed by atoms with Gasteiger partial charge in [0.15, 0.2) is 0 Å². The van der Waals surface area contributed by atoms with Gasteiger partial charge in [-0.2, -0.15) is 0 Å². The molecule has 2 N–H and O–H groups in total. The summed E-state index contributed by atoms with van der Waals surface area (Å²) in [5, 5.41) is 0. The first kappa shape index (κ1) is 10.0. The van der Waals surface area contributed by atoms with Crippen LogP contribution in [0.25, 0.3) is 0 Å². The first-order valence-electron chi connectivity index (χ1n) is 4.66. The van der Waals surface area contributed by atoms with Gasteiger partial charge in [-0.1, -0.05) is 36.8 Å². The molecule has 1 heteroatoms. The molecule has 1 aromatic carbocycles. The molecule has 1 atom stereocenters. The van der Waals surface area contributed by atoms with E-state index in [0.29, 0.717) is 0 Å². The van der Waals surface area contributed by atoms with Crippen molar-refractivity contribution in [3.63, 3.8) is 0 Å². The molecule has 0 radical (unpaired) electrons. The highest BCUT2D eigenvalue weighted by atomic mass is 14.6. The molecule has 0 bridgehead atoms. The predicted octanol–water partition coefficient (Wildman–Crippen LogP) is 2.74. The lowest BCUT2D eigenvalue weighted by atomic mass is 9.97. The highest BCUT2D eigenvalue weighted by Crippen LogP contribution is 2.19. The van der Waals surface area contributed by atoms with Crippen molar-refractivity contribution in [1.29, 1.82) is 0 Å². The molecule has 0 aliphatic rings. The Morgan fingerprint density at radius 2 is 2.23 bits per heavy atom. The first-order chi connectivity index (χ1) is 6.19. The van der Waals surface area contributed by atoms with Crippen LogP contribution < -0.4 is 5.73 Å². The van der Waals surface area contributed by atoms with E-state index in [9.17, 15) is 0 Å². The van der Waals surface area contributed by atoms with Crippen molar-refractivity contribution in [1.82, 2.24) is 0 Å². The second-order valence-electron chi connectivity index (χ2n) is 3.32. The minimum atomic E-state index is -0.0325. The van der Waals surface area contributed by atoms with E-state index >= 15 is 0 Å². The van der Waals surface area contributed by atoms with Crippen LogP contribution in [0.5, 0.6) is 0 Å². The van der Waals surface area contributed by atoms with Crippen LogP contribution in [0, 0.1) is 6.92 Å². The molecule has 1 rings (SSSR count). The van der Waals surface area contributed by atoms with Crippen LogP contribution in [0.3, 0.4) is 0 Å². The van der Waals surface area contributed by atoms with E-state index in [4.69, 9.17) is 5.73 Å². The summed E-state index contributed by atoms with van der Waals surface area (Å²) in [6.45, 7) is 7.94. The SMILES string of the molecule is C=C[C@@H](N)c1cc(C)ccc1CC. The molecule has 13 heavy (non-hydrogen) atoms. The van der Waals surface area contributed by atoms with Crippen LogP contribution in [-0.2, 0) is 6.42 Å². The van der Waals surface area contributed by atoms with E-state index in [1.165, 1.54) is 16.7 Å². The molecule has 0 aliphatic heterocycles. The Labute approximate surface area is 80.3 Å². The summed E-state index contributed by atoms with van der Waals surface area (Å²) in [4.78, 5) is 0. The average Bonchev–Trinajstić information content (AvgIpc) is 2.16. The Kier molecular flexibility index (Phi) is 3.26. The predicted molar refractivity (Wildman–Crippen MR) is 57.7 cm³/mol. The van der Waals surface area contributed by atoms with Crippen molar-refractivity contribution < 1.29 is 0 Å². The summed E-state index contributed by atoms with van der Waals surface area (Å²) in [7, 11) is 0. The lowest BCUT2D eigenvalue weighted by molar-refractivity contribution is 0.883. The normalized spacial score (nSPS) is 12.5. The zero-order valence-electron chi connectivity index (χ0n) is 8.38. The molecule has 0 aliphatic carbocycles. The minimum absolute atomic E-state index is 0.0325. The van der Waals surface area contributed by atoms with Gasteiger partial charge in [-0.15, -0.1) is 6.58 Å². The molecule has 70 valence electrons. The number of benzene rings is 1. The second-order valence-corrected chi connectivity index (χ2v) is 3.32. The number of rotatable bonds is 3. The monoisotopic (exact) mass is 175 g/mol. The third-order valence-corrected chi connectivity index (χ3v) is 2.30. The van der Waals surface area contributed by atoms with Gasteiger partial charge in [-0.05, 0) is 24.5 Å². The molecule has 1 aromatic rings. The van der Waals surface area contributed by atoms with E-state index in [-0.39, 0.29) is 6.04 Å². The fraction of sp³-hybridized carbons (Fsp3) is 0.333. The lowest BCUT2D eigenvalue weighted by Gasteiger charge is -2.12. The van der Waals surface area contributed by atoms with Gasteiger partial charge in [0.25, 0.3) is 0 Å². The quantitative estimate of drug-likeness (QED) is 0.702. The maximum absolute atomic E-state index is 5.92. The van der Waals surface area contributed by atoms with Crippen molar-refractivity contribution in [2.24, 2.45) is 5.73 Å². The molecule has 0 saturated carbocycles. The van der Waals surface area contributed by atoms with E-state index in [0.717, 1.165) is 6.42 Å². The molecule has 0 unspecified atom stereocenters. The Morgan fingerprint density at radius 1 is 1.54 bits per heavy atom. The number of nitrogens with two attached hydrogens (primary N) is 1. The highest BCUT2D eigenvalue weighted by Gasteiger charge is 2.06. The molecule has 0 amide bonds. The van der Waals surface area contributed by atoms with E-state index in [1.807, 2.05) is 0 Å². The lowest BCUT2D eigenvalue weighted by Crippen LogP contribution is -2.09. The third-order valence-electron chi connectivity index (χ3n) is 2.30. The van der Waals surface area contributed by atoms with Crippen molar-refractivity contribution in [3.05, 3.63) is 47.5 Å². The maximum atomic E-state index is 5.92.